The summed E-state index contributed by atoms with van der Waals surface area (Å²) in [4.78, 5) is 25.8. The summed E-state index contributed by atoms with van der Waals surface area (Å²) in [5.41, 5.74) is 1.43. The van der Waals surface area contributed by atoms with Gasteiger partial charge in [0.25, 0.3) is 0 Å². The third-order valence-electron chi connectivity index (χ3n) is 3.13. The number of rotatable bonds is 6. The van der Waals surface area contributed by atoms with E-state index in [1.54, 1.807) is 12.1 Å². The maximum atomic E-state index is 12.4. The van der Waals surface area contributed by atoms with Gasteiger partial charge in [-0.2, -0.15) is 5.26 Å². The zero-order valence-electron chi connectivity index (χ0n) is 13.2. The van der Waals surface area contributed by atoms with Crippen molar-refractivity contribution in [2.75, 3.05) is 22.5 Å². The average Bonchev–Trinajstić information content (AvgIpc) is 2.59. The van der Waals surface area contributed by atoms with Crippen molar-refractivity contribution in [1.82, 2.24) is 0 Å². The van der Waals surface area contributed by atoms with E-state index in [2.05, 4.69) is 5.32 Å². The summed E-state index contributed by atoms with van der Waals surface area (Å²) in [6, 6.07) is 18.5. The lowest BCUT2D eigenvalue weighted by molar-refractivity contribution is -0.116. The number of carbonyl (C=O) groups excluding carboxylic acids is 2. The Morgan fingerprint density at radius 2 is 1.79 bits per heavy atom. The van der Waals surface area contributed by atoms with Gasteiger partial charge in [-0.3, -0.25) is 14.5 Å². The molecule has 0 aliphatic carbocycles. The number of benzene rings is 2. The molecule has 0 fully saturated rings. The van der Waals surface area contributed by atoms with Crippen molar-refractivity contribution in [2.45, 2.75) is 11.8 Å². The molecule has 122 valence electrons. The minimum absolute atomic E-state index is 0.0187. The maximum absolute atomic E-state index is 12.4. The molecule has 1 N–H and O–H groups in total. The van der Waals surface area contributed by atoms with E-state index in [0.717, 1.165) is 4.90 Å². The second kappa shape index (κ2) is 8.75. The summed E-state index contributed by atoms with van der Waals surface area (Å²) in [6.07, 6.45) is 0. The summed E-state index contributed by atoms with van der Waals surface area (Å²) >= 11 is 1.39. The second-order valence-corrected chi connectivity index (χ2v) is 6.02. The summed E-state index contributed by atoms with van der Waals surface area (Å²) in [5.74, 6) is -0.0185. The second-order valence-electron chi connectivity index (χ2n) is 4.97. The summed E-state index contributed by atoms with van der Waals surface area (Å²) in [7, 11) is 0. The van der Waals surface area contributed by atoms with Crippen molar-refractivity contribution in [2.24, 2.45) is 0 Å². The molecule has 0 atom stereocenters. The van der Waals surface area contributed by atoms with Gasteiger partial charge in [0.1, 0.15) is 6.54 Å². The highest BCUT2D eigenvalue weighted by Crippen LogP contribution is 2.22. The quantitative estimate of drug-likeness (QED) is 0.647. The first-order chi connectivity index (χ1) is 11.6. The maximum Gasteiger partial charge on any atom is 0.238 e. The molecule has 5 nitrogen and oxygen atoms in total. The van der Waals surface area contributed by atoms with Crippen LogP contribution in [0.5, 0.6) is 0 Å². The molecule has 0 saturated heterocycles. The van der Waals surface area contributed by atoms with E-state index >= 15 is 0 Å². The Bertz CT molecular complexity index is 739. The number of nitriles is 1. The molecule has 0 bridgehead atoms. The Labute approximate surface area is 145 Å². The van der Waals surface area contributed by atoms with Crippen LogP contribution in [0.25, 0.3) is 0 Å². The lowest BCUT2D eigenvalue weighted by Gasteiger charge is -2.19. The fraction of sp³-hybridized carbons (Fsp3) is 0.167. The standard InChI is InChI=1S/C18H17N3O2S/c1-14(22)20-15-7-9-17(10-8-15)24-13-18(23)21(12-11-19)16-5-3-2-4-6-16/h2-10H,12-13H2,1H3,(H,20,22). The number of nitrogens with zero attached hydrogens (tertiary/aromatic N) is 2. The zero-order chi connectivity index (χ0) is 17.4. The predicted octanol–water partition coefficient (Wildman–Crippen LogP) is 3.29. The highest BCUT2D eigenvalue weighted by atomic mass is 32.2. The minimum atomic E-state index is -0.126. The van der Waals surface area contributed by atoms with Gasteiger partial charge in [0, 0.05) is 23.2 Å². The molecule has 0 heterocycles. The number of anilines is 2. The molecule has 6 heteroatoms. The molecular formula is C18H17N3O2S. The third-order valence-corrected chi connectivity index (χ3v) is 4.13. The Hall–Kier alpha value is -2.78. The molecule has 0 aromatic heterocycles. The summed E-state index contributed by atoms with van der Waals surface area (Å²) < 4.78 is 0. The van der Waals surface area contributed by atoms with E-state index in [4.69, 9.17) is 5.26 Å². The summed E-state index contributed by atoms with van der Waals surface area (Å²) in [6.45, 7) is 1.47. The molecule has 0 saturated carbocycles. The molecule has 0 aliphatic rings. The number of hydrogen-bond donors (Lipinski definition) is 1. The van der Waals surface area contributed by atoms with E-state index in [-0.39, 0.29) is 24.1 Å². The molecule has 2 aromatic rings. The molecule has 24 heavy (non-hydrogen) atoms. The largest absolute Gasteiger partial charge is 0.326 e. The molecule has 0 radical (unpaired) electrons. The number of amides is 2. The first-order valence-corrected chi connectivity index (χ1v) is 8.31. The zero-order valence-corrected chi connectivity index (χ0v) is 14.0. The van der Waals surface area contributed by atoms with Crippen LogP contribution in [0.2, 0.25) is 0 Å². The number of para-hydroxylation sites is 1. The molecular weight excluding hydrogens is 322 g/mol. The van der Waals surface area contributed by atoms with Crippen LogP contribution in [-0.2, 0) is 9.59 Å². The number of nitrogens with one attached hydrogen (secondary N) is 1. The van der Waals surface area contributed by atoms with Crippen LogP contribution in [-0.4, -0.2) is 24.1 Å². The number of carbonyl (C=O) groups is 2. The van der Waals surface area contributed by atoms with Crippen molar-refractivity contribution in [3.8, 4) is 6.07 Å². The highest BCUT2D eigenvalue weighted by Gasteiger charge is 2.15. The van der Waals surface area contributed by atoms with Crippen LogP contribution in [0.15, 0.2) is 59.5 Å². The number of hydrogen-bond acceptors (Lipinski definition) is 4. The minimum Gasteiger partial charge on any atom is -0.326 e. The van der Waals surface area contributed by atoms with E-state index in [9.17, 15) is 9.59 Å². The van der Waals surface area contributed by atoms with E-state index in [0.29, 0.717) is 11.4 Å². The van der Waals surface area contributed by atoms with Gasteiger partial charge in [-0.1, -0.05) is 18.2 Å². The Morgan fingerprint density at radius 1 is 1.12 bits per heavy atom. The van der Waals surface area contributed by atoms with Crippen LogP contribution in [0, 0.1) is 11.3 Å². The van der Waals surface area contributed by atoms with Crippen LogP contribution >= 0.6 is 11.8 Å². The lowest BCUT2D eigenvalue weighted by atomic mass is 10.3. The fourth-order valence-corrected chi connectivity index (χ4v) is 2.84. The Balaban J connectivity index is 1.98. The fourth-order valence-electron chi connectivity index (χ4n) is 2.06. The highest BCUT2D eigenvalue weighted by molar-refractivity contribution is 8.00. The van der Waals surface area contributed by atoms with Gasteiger partial charge >= 0.3 is 0 Å². The van der Waals surface area contributed by atoms with Crippen molar-refractivity contribution < 1.29 is 9.59 Å². The number of thioether (sulfide) groups is 1. The van der Waals surface area contributed by atoms with Crippen LogP contribution in [0.3, 0.4) is 0 Å². The first kappa shape index (κ1) is 17.6. The lowest BCUT2D eigenvalue weighted by Crippen LogP contribution is -2.32. The van der Waals surface area contributed by atoms with E-state index < -0.39 is 0 Å². The van der Waals surface area contributed by atoms with Gasteiger partial charge in [-0.25, -0.2) is 0 Å². The van der Waals surface area contributed by atoms with Gasteiger partial charge in [0.2, 0.25) is 11.8 Å². The molecule has 2 aromatic carbocycles. The van der Waals surface area contributed by atoms with Crippen molar-refractivity contribution in [3.05, 3.63) is 54.6 Å². The van der Waals surface area contributed by atoms with Gasteiger partial charge in [-0.15, -0.1) is 11.8 Å². The molecule has 0 spiro atoms. The Kier molecular flexibility index (Phi) is 6.41. The van der Waals surface area contributed by atoms with Gasteiger partial charge < -0.3 is 5.32 Å². The first-order valence-electron chi connectivity index (χ1n) is 7.33. The molecule has 2 amide bonds. The monoisotopic (exact) mass is 339 g/mol. The molecule has 0 aliphatic heterocycles. The van der Waals surface area contributed by atoms with Gasteiger partial charge in [0.05, 0.1) is 11.8 Å². The molecule has 2 rings (SSSR count). The molecule has 0 unspecified atom stereocenters. The van der Waals surface area contributed by atoms with Gasteiger partial charge in [0.15, 0.2) is 0 Å². The topological polar surface area (TPSA) is 73.2 Å². The van der Waals surface area contributed by atoms with Crippen molar-refractivity contribution in [1.29, 1.82) is 5.26 Å². The van der Waals surface area contributed by atoms with Crippen LogP contribution in [0.1, 0.15) is 6.92 Å². The van der Waals surface area contributed by atoms with E-state index in [1.165, 1.54) is 23.6 Å². The van der Waals surface area contributed by atoms with Gasteiger partial charge in [-0.05, 0) is 36.4 Å². The van der Waals surface area contributed by atoms with Crippen molar-refractivity contribution >= 4 is 35.0 Å². The third kappa shape index (κ3) is 5.14. The average molecular weight is 339 g/mol. The van der Waals surface area contributed by atoms with Crippen molar-refractivity contribution in [3.63, 3.8) is 0 Å². The smallest absolute Gasteiger partial charge is 0.238 e. The van der Waals surface area contributed by atoms with Crippen LogP contribution < -0.4 is 10.2 Å². The Morgan fingerprint density at radius 3 is 2.38 bits per heavy atom. The normalized spacial score (nSPS) is 9.83. The van der Waals surface area contributed by atoms with Crippen LogP contribution in [0.4, 0.5) is 11.4 Å². The summed E-state index contributed by atoms with van der Waals surface area (Å²) in [5, 5.41) is 11.6. The predicted molar refractivity (Wildman–Crippen MR) is 95.9 cm³/mol. The SMILES string of the molecule is CC(=O)Nc1ccc(SCC(=O)N(CC#N)c2ccccc2)cc1. The van der Waals surface area contributed by atoms with E-state index in [1.807, 2.05) is 48.5 Å².